The summed E-state index contributed by atoms with van der Waals surface area (Å²) in [6, 6.07) is 2.76. The van der Waals surface area contributed by atoms with Gasteiger partial charge in [0.1, 0.15) is 5.82 Å². The first-order valence-electron chi connectivity index (χ1n) is 5.54. The maximum atomic E-state index is 4.49. The Labute approximate surface area is 90.7 Å². The van der Waals surface area contributed by atoms with Gasteiger partial charge in [-0.1, -0.05) is 0 Å². The largest absolute Gasteiger partial charge is 0.357 e. The maximum absolute atomic E-state index is 4.49. The Morgan fingerprint density at radius 1 is 1.47 bits per heavy atom. The summed E-state index contributed by atoms with van der Waals surface area (Å²) in [6.45, 7) is 5.20. The van der Waals surface area contributed by atoms with Crippen LogP contribution in [0.3, 0.4) is 0 Å². The van der Waals surface area contributed by atoms with Crippen molar-refractivity contribution in [1.29, 1.82) is 0 Å². The highest BCUT2D eigenvalue weighted by atomic mass is 15.3. The minimum atomic E-state index is 0.703. The van der Waals surface area contributed by atoms with Crippen molar-refractivity contribution in [2.75, 3.05) is 23.8 Å². The molecule has 1 saturated carbocycles. The summed E-state index contributed by atoms with van der Waals surface area (Å²) >= 11 is 0. The van der Waals surface area contributed by atoms with Gasteiger partial charge in [0, 0.05) is 31.4 Å². The first-order valence-corrected chi connectivity index (χ1v) is 5.54. The SMILES string of the molecule is CCN(c1cc(C)nc(NC)n1)C1CC1. The van der Waals surface area contributed by atoms with E-state index in [9.17, 15) is 0 Å². The van der Waals surface area contributed by atoms with Gasteiger partial charge in [0.2, 0.25) is 5.95 Å². The van der Waals surface area contributed by atoms with Crippen LogP contribution in [0, 0.1) is 6.92 Å². The first-order chi connectivity index (χ1) is 7.24. The van der Waals surface area contributed by atoms with Crippen molar-refractivity contribution in [2.45, 2.75) is 32.7 Å². The van der Waals surface area contributed by atoms with Crippen molar-refractivity contribution >= 4 is 11.8 Å². The molecule has 0 saturated heterocycles. The summed E-state index contributed by atoms with van der Waals surface area (Å²) in [5.41, 5.74) is 1.02. The monoisotopic (exact) mass is 206 g/mol. The van der Waals surface area contributed by atoms with E-state index in [0.717, 1.165) is 18.1 Å². The van der Waals surface area contributed by atoms with Crippen LogP contribution in [0.25, 0.3) is 0 Å². The van der Waals surface area contributed by atoms with Crippen molar-refractivity contribution in [3.8, 4) is 0 Å². The van der Waals surface area contributed by atoms with Crippen LogP contribution in [-0.2, 0) is 0 Å². The van der Waals surface area contributed by atoms with Gasteiger partial charge in [-0.2, -0.15) is 4.98 Å². The van der Waals surface area contributed by atoms with Gasteiger partial charge in [-0.05, 0) is 26.7 Å². The lowest BCUT2D eigenvalue weighted by Crippen LogP contribution is -2.26. The molecule has 1 aliphatic carbocycles. The van der Waals surface area contributed by atoms with E-state index in [2.05, 4.69) is 33.2 Å². The van der Waals surface area contributed by atoms with Gasteiger partial charge < -0.3 is 10.2 Å². The Hall–Kier alpha value is -1.32. The molecule has 4 heteroatoms. The summed E-state index contributed by atoms with van der Waals surface area (Å²) < 4.78 is 0. The molecule has 0 atom stereocenters. The normalized spacial score (nSPS) is 15.1. The van der Waals surface area contributed by atoms with Crippen LogP contribution >= 0.6 is 0 Å². The van der Waals surface area contributed by atoms with E-state index < -0.39 is 0 Å². The predicted molar refractivity (Wildman–Crippen MR) is 62.4 cm³/mol. The van der Waals surface area contributed by atoms with E-state index in [1.807, 2.05) is 14.0 Å². The molecule has 0 unspecified atom stereocenters. The number of nitrogens with one attached hydrogen (secondary N) is 1. The van der Waals surface area contributed by atoms with Crippen LogP contribution in [0.5, 0.6) is 0 Å². The lowest BCUT2D eigenvalue weighted by atomic mass is 10.3. The van der Waals surface area contributed by atoms with Gasteiger partial charge >= 0.3 is 0 Å². The quantitative estimate of drug-likeness (QED) is 0.815. The average molecular weight is 206 g/mol. The fourth-order valence-corrected chi connectivity index (χ4v) is 1.80. The number of aryl methyl sites for hydroxylation is 1. The fourth-order valence-electron chi connectivity index (χ4n) is 1.80. The van der Waals surface area contributed by atoms with Crippen molar-refractivity contribution in [3.05, 3.63) is 11.8 Å². The van der Waals surface area contributed by atoms with Gasteiger partial charge in [-0.15, -0.1) is 0 Å². The Balaban J connectivity index is 2.28. The van der Waals surface area contributed by atoms with E-state index in [4.69, 9.17) is 0 Å². The van der Waals surface area contributed by atoms with Gasteiger partial charge in [-0.3, -0.25) is 0 Å². The minimum Gasteiger partial charge on any atom is -0.357 e. The van der Waals surface area contributed by atoms with Crippen LogP contribution < -0.4 is 10.2 Å². The topological polar surface area (TPSA) is 41.1 Å². The lowest BCUT2D eigenvalue weighted by Gasteiger charge is -2.22. The molecular weight excluding hydrogens is 188 g/mol. The minimum absolute atomic E-state index is 0.703. The molecule has 0 aromatic carbocycles. The molecule has 1 N–H and O–H groups in total. The zero-order chi connectivity index (χ0) is 10.8. The zero-order valence-corrected chi connectivity index (χ0v) is 9.62. The number of aromatic nitrogens is 2. The van der Waals surface area contributed by atoms with Crippen molar-refractivity contribution < 1.29 is 0 Å². The molecule has 4 nitrogen and oxygen atoms in total. The Morgan fingerprint density at radius 3 is 2.73 bits per heavy atom. The van der Waals surface area contributed by atoms with Gasteiger partial charge in [0.25, 0.3) is 0 Å². The summed E-state index contributed by atoms with van der Waals surface area (Å²) in [6.07, 6.45) is 2.59. The Bertz CT molecular complexity index is 346. The van der Waals surface area contributed by atoms with E-state index in [-0.39, 0.29) is 0 Å². The third kappa shape index (κ3) is 2.19. The molecule has 1 fully saturated rings. The molecule has 15 heavy (non-hydrogen) atoms. The molecule has 0 aliphatic heterocycles. The highest BCUT2D eigenvalue weighted by Crippen LogP contribution is 2.30. The molecule has 1 aromatic heterocycles. The number of hydrogen-bond acceptors (Lipinski definition) is 4. The second kappa shape index (κ2) is 4.04. The van der Waals surface area contributed by atoms with E-state index in [0.29, 0.717) is 12.0 Å². The standard InChI is InChI=1S/C11H18N4/c1-4-15(9-5-6-9)10-7-8(2)13-11(12-3)14-10/h7,9H,4-6H2,1-3H3,(H,12,13,14). The highest BCUT2D eigenvalue weighted by Gasteiger charge is 2.29. The lowest BCUT2D eigenvalue weighted by molar-refractivity contribution is 0.804. The molecule has 1 aliphatic rings. The predicted octanol–water partition coefficient (Wildman–Crippen LogP) is 1.82. The molecule has 0 amide bonds. The number of rotatable bonds is 4. The maximum Gasteiger partial charge on any atom is 0.224 e. The molecule has 1 aromatic rings. The third-order valence-corrected chi connectivity index (χ3v) is 2.69. The second-order valence-electron chi connectivity index (χ2n) is 3.96. The van der Waals surface area contributed by atoms with Crippen LogP contribution in [0.15, 0.2) is 6.07 Å². The molecular formula is C11H18N4. The summed E-state index contributed by atoms with van der Waals surface area (Å²) in [7, 11) is 1.85. The third-order valence-electron chi connectivity index (χ3n) is 2.69. The number of hydrogen-bond donors (Lipinski definition) is 1. The first kappa shape index (κ1) is 10.2. The van der Waals surface area contributed by atoms with Crippen LogP contribution in [0.4, 0.5) is 11.8 Å². The molecule has 0 radical (unpaired) electrons. The highest BCUT2D eigenvalue weighted by molar-refractivity contribution is 5.46. The van der Waals surface area contributed by atoms with Gasteiger partial charge in [0.15, 0.2) is 0 Å². The molecule has 0 bridgehead atoms. The molecule has 2 rings (SSSR count). The molecule has 1 heterocycles. The Kier molecular flexibility index (Phi) is 2.75. The summed E-state index contributed by atoms with van der Waals surface area (Å²) in [4.78, 5) is 11.1. The second-order valence-corrected chi connectivity index (χ2v) is 3.96. The zero-order valence-electron chi connectivity index (χ0n) is 9.62. The van der Waals surface area contributed by atoms with Crippen LogP contribution in [0.2, 0.25) is 0 Å². The van der Waals surface area contributed by atoms with Crippen molar-refractivity contribution in [1.82, 2.24) is 9.97 Å². The molecule has 0 spiro atoms. The summed E-state index contributed by atoms with van der Waals surface area (Å²) in [5.74, 6) is 1.76. The number of anilines is 2. The number of nitrogens with zero attached hydrogens (tertiary/aromatic N) is 3. The average Bonchev–Trinajstić information content (AvgIpc) is 3.02. The van der Waals surface area contributed by atoms with Gasteiger partial charge in [-0.25, -0.2) is 4.98 Å². The van der Waals surface area contributed by atoms with Crippen molar-refractivity contribution in [3.63, 3.8) is 0 Å². The fraction of sp³-hybridized carbons (Fsp3) is 0.636. The van der Waals surface area contributed by atoms with Crippen LogP contribution in [0.1, 0.15) is 25.5 Å². The smallest absolute Gasteiger partial charge is 0.224 e. The van der Waals surface area contributed by atoms with Crippen molar-refractivity contribution in [2.24, 2.45) is 0 Å². The molecule has 82 valence electrons. The Morgan fingerprint density at radius 2 is 2.20 bits per heavy atom. The van der Waals surface area contributed by atoms with Gasteiger partial charge in [0.05, 0.1) is 0 Å². The summed E-state index contributed by atoms with van der Waals surface area (Å²) in [5, 5.41) is 3.00. The van der Waals surface area contributed by atoms with Crippen LogP contribution in [-0.4, -0.2) is 29.6 Å². The van der Waals surface area contributed by atoms with E-state index in [1.165, 1.54) is 12.8 Å². The van der Waals surface area contributed by atoms with E-state index >= 15 is 0 Å². The van der Waals surface area contributed by atoms with E-state index in [1.54, 1.807) is 0 Å².